The van der Waals surface area contributed by atoms with Gasteiger partial charge in [-0.1, -0.05) is 13.3 Å². The third-order valence-electron chi connectivity index (χ3n) is 2.97. The quantitative estimate of drug-likeness (QED) is 0.674. The van der Waals surface area contributed by atoms with Crippen LogP contribution in [0.15, 0.2) is 18.5 Å². The van der Waals surface area contributed by atoms with E-state index in [0.717, 1.165) is 12.8 Å². The minimum absolute atomic E-state index is 0.169. The summed E-state index contributed by atoms with van der Waals surface area (Å²) >= 11 is 0. The van der Waals surface area contributed by atoms with E-state index in [1.807, 2.05) is 6.92 Å². The molecule has 1 atom stereocenters. The van der Waals surface area contributed by atoms with E-state index in [0.29, 0.717) is 18.9 Å². The van der Waals surface area contributed by atoms with Crippen LogP contribution < -0.4 is 10.6 Å². The lowest BCUT2D eigenvalue weighted by Gasteiger charge is -2.14. The highest BCUT2D eigenvalue weighted by molar-refractivity contribution is 5.87. The average Bonchev–Trinajstić information content (AvgIpc) is 2.43. The molecule has 1 aromatic rings. The predicted molar refractivity (Wildman–Crippen MR) is 74.3 cm³/mol. The number of aliphatic carboxylic acids is 1. The van der Waals surface area contributed by atoms with E-state index in [4.69, 9.17) is 5.11 Å². The summed E-state index contributed by atoms with van der Waals surface area (Å²) in [5, 5.41) is 13.9. The highest BCUT2D eigenvalue weighted by atomic mass is 16.4. The maximum absolute atomic E-state index is 11.6. The van der Waals surface area contributed by atoms with E-state index in [1.54, 1.807) is 18.5 Å². The molecule has 2 amide bonds. The molecular weight excluding hydrogens is 260 g/mol. The van der Waals surface area contributed by atoms with Crippen LogP contribution in [0, 0.1) is 5.92 Å². The second kappa shape index (κ2) is 8.84. The van der Waals surface area contributed by atoms with Crippen molar-refractivity contribution in [2.45, 2.75) is 32.6 Å². The molecule has 1 aromatic heterocycles. The fraction of sp³-hybridized carbons (Fsp3) is 0.538. The molecule has 7 heteroatoms. The number of aromatic nitrogens is 2. The Morgan fingerprint density at radius 1 is 1.30 bits per heavy atom. The number of urea groups is 1. The number of carboxylic acid groups (broad SMARTS) is 1. The van der Waals surface area contributed by atoms with Crippen LogP contribution in [-0.2, 0) is 4.79 Å². The first-order valence-electron chi connectivity index (χ1n) is 6.65. The number of carbonyl (C=O) groups is 2. The summed E-state index contributed by atoms with van der Waals surface area (Å²) in [6.45, 7) is 2.52. The molecule has 0 radical (unpaired) electrons. The largest absolute Gasteiger partial charge is 0.481 e. The van der Waals surface area contributed by atoms with E-state index in [-0.39, 0.29) is 18.4 Å². The molecule has 0 spiro atoms. The van der Waals surface area contributed by atoms with E-state index in [1.165, 1.54) is 0 Å². The molecule has 0 aliphatic heterocycles. The zero-order valence-corrected chi connectivity index (χ0v) is 11.5. The van der Waals surface area contributed by atoms with Gasteiger partial charge in [0.05, 0.1) is 0 Å². The molecule has 0 aliphatic carbocycles. The van der Waals surface area contributed by atoms with Crippen molar-refractivity contribution in [1.29, 1.82) is 0 Å². The zero-order valence-electron chi connectivity index (χ0n) is 11.5. The first-order valence-corrected chi connectivity index (χ1v) is 6.65. The zero-order chi connectivity index (χ0) is 14.8. The molecule has 0 fully saturated rings. The Kier molecular flexibility index (Phi) is 7.02. The van der Waals surface area contributed by atoms with Gasteiger partial charge in [0, 0.05) is 25.4 Å². The summed E-state index contributed by atoms with van der Waals surface area (Å²) in [6, 6.07) is 1.31. The molecule has 1 rings (SSSR count). The molecule has 0 saturated heterocycles. The molecule has 0 bridgehead atoms. The average molecular weight is 280 g/mol. The van der Waals surface area contributed by atoms with Gasteiger partial charge in [-0.2, -0.15) is 0 Å². The standard InChI is InChI=1S/C13H20N4O3/c1-2-10(4-5-11(18)19)6-9-16-13(20)17-12-14-7-3-8-15-12/h3,7-8,10H,2,4-6,9H2,1H3,(H,18,19)(H2,14,15,16,17,20). The number of amides is 2. The number of rotatable bonds is 8. The summed E-state index contributed by atoms with van der Waals surface area (Å²) in [4.78, 5) is 29.8. The van der Waals surface area contributed by atoms with E-state index in [9.17, 15) is 9.59 Å². The molecule has 0 aromatic carbocycles. The maximum Gasteiger partial charge on any atom is 0.321 e. The Morgan fingerprint density at radius 3 is 2.60 bits per heavy atom. The summed E-state index contributed by atoms with van der Waals surface area (Å²) in [6.07, 6.45) is 5.55. The van der Waals surface area contributed by atoms with Crippen molar-refractivity contribution >= 4 is 17.9 Å². The van der Waals surface area contributed by atoms with Gasteiger partial charge in [0.15, 0.2) is 0 Å². The summed E-state index contributed by atoms with van der Waals surface area (Å²) in [5.74, 6) is -0.224. The minimum Gasteiger partial charge on any atom is -0.481 e. The van der Waals surface area contributed by atoms with Gasteiger partial charge in [-0.15, -0.1) is 0 Å². The van der Waals surface area contributed by atoms with Crippen molar-refractivity contribution in [3.63, 3.8) is 0 Å². The molecule has 0 aliphatic rings. The third-order valence-corrected chi connectivity index (χ3v) is 2.97. The highest BCUT2D eigenvalue weighted by Gasteiger charge is 2.10. The second-order valence-corrected chi connectivity index (χ2v) is 4.45. The Bertz CT molecular complexity index is 425. The van der Waals surface area contributed by atoms with Gasteiger partial charge < -0.3 is 10.4 Å². The summed E-state index contributed by atoms with van der Waals surface area (Å²) in [5.41, 5.74) is 0. The van der Waals surface area contributed by atoms with E-state index < -0.39 is 5.97 Å². The minimum atomic E-state index is -0.782. The smallest absolute Gasteiger partial charge is 0.321 e. The topological polar surface area (TPSA) is 104 Å². The van der Waals surface area contributed by atoms with Crippen LogP contribution in [-0.4, -0.2) is 33.6 Å². The molecule has 7 nitrogen and oxygen atoms in total. The lowest BCUT2D eigenvalue weighted by Crippen LogP contribution is -2.31. The van der Waals surface area contributed by atoms with Gasteiger partial charge in [-0.05, 0) is 24.8 Å². The highest BCUT2D eigenvalue weighted by Crippen LogP contribution is 2.14. The Morgan fingerprint density at radius 2 is 2.00 bits per heavy atom. The molecule has 1 unspecified atom stereocenters. The molecule has 20 heavy (non-hydrogen) atoms. The van der Waals surface area contributed by atoms with Crippen molar-refractivity contribution in [1.82, 2.24) is 15.3 Å². The maximum atomic E-state index is 11.6. The Hall–Kier alpha value is -2.18. The Balaban J connectivity index is 2.21. The number of hydrogen-bond donors (Lipinski definition) is 3. The number of carboxylic acids is 1. The van der Waals surface area contributed by atoms with Crippen molar-refractivity contribution in [3.05, 3.63) is 18.5 Å². The van der Waals surface area contributed by atoms with Gasteiger partial charge in [0.2, 0.25) is 5.95 Å². The van der Waals surface area contributed by atoms with Crippen LogP contribution >= 0.6 is 0 Å². The normalized spacial score (nSPS) is 11.7. The molecule has 0 saturated carbocycles. The fourth-order valence-corrected chi connectivity index (χ4v) is 1.78. The van der Waals surface area contributed by atoms with Gasteiger partial charge in [0.1, 0.15) is 0 Å². The number of hydrogen-bond acceptors (Lipinski definition) is 4. The van der Waals surface area contributed by atoms with Crippen LogP contribution in [0.5, 0.6) is 0 Å². The first kappa shape index (κ1) is 15.9. The summed E-state index contributed by atoms with van der Waals surface area (Å²) in [7, 11) is 0. The van der Waals surface area contributed by atoms with Crippen molar-refractivity contribution in [2.24, 2.45) is 5.92 Å². The van der Waals surface area contributed by atoms with Crippen LogP contribution in [0.4, 0.5) is 10.7 Å². The van der Waals surface area contributed by atoms with Crippen LogP contribution in [0.3, 0.4) is 0 Å². The van der Waals surface area contributed by atoms with Gasteiger partial charge in [0.25, 0.3) is 0 Å². The Labute approximate surface area is 117 Å². The van der Waals surface area contributed by atoms with Gasteiger partial charge >= 0.3 is 12.0 Å². The monoisotopic (exact) mass is 280 g/mol. The van der Waals surface area contributed by atoms with Gasteiger partial charge in [-0.3, -0.25) is 10.1 Å². The molecule has 110 valence electrons. The fourth-order valence-electron chi connectivity index (χ4n) is 1.78. The number of nitrogens with zero attached hydrogens (tertiary/aromatic N) is 2. The SMILES string of the molecule is CCC(CCNC(=O)Nc1ncccn1)CCC(=O)O. The second-order valence-electron chi connectivity index (χ2n) is 4.45. The van der Waals surface area contributed by atoms with Crippen molar-refractivity contribution in [3.8, 4) is 0 Å². The van der Waals surface area contributed by atoms with Crippen LogP contribution in [0.1, 0.15) is 32.6 Å². The van der Waals surface area contributed by atoms with E-state index >= 15 is 0 Å². The molecule has 1 heterocycles. The number of nitrogens with one attached hydrogen (secondary N) is 2. The molecule has 3 N–H and O–H groups in total. The number of anilines is 1. The lowest BCUT2D eigenvalue weighted by molar-refractivity contribution is -0.137. The van der Waals surface area contributed by atoms with Crippen LogP contribution in [0.2, 0.25) is 0 Å². The number of carbonyl (C=O) groups excluding carboxylic acids is 1. The summed E-state index contributed by atoms with van der Waals surface area (Å²) < 4.78 is 0. The first-order chi connectivity index (χ1) is 9.61. The third kappa shape index (κ3) is 6.67. The van der Waals surface area contributed by atoms with Crippen LogP contribution in [0.25, 0.3) is 0 Å². The molecular formula is C13H20N4O3. The van der Waals surface area contributed by atoms with Crippen molar-refractivity contribution < 1.29 is 14.7 Å². The van der Waals surface area contributed by atoms with E-state index in [2.05, 4.69) is 20.6 Å². The van der Waals surface area contributed by atoms with Gasteiger partial charge in [-0.25, -0.2) is 14.8 Å². The lowest BCUT2D eigenvalue weighted by atomic mass is 9.97. The predicted octanol–water partition coefficient (Wildman–Crippen LogP) is 1.88. The van der Waals surface area contributed by atoms with Crippen molar-refractivity contribution in [2.75, 3.05) is 11.9 Å².